The van der Waals surface area contributed by atoms with Gasteiger partial charge < -0.3 is 0 Å². The molecule has 2 heterocycles. The third-order valence-corrected chi connectivity index (χ3v) is 7.71. The molecule has 1 N–H and O–H groups in total. The Morgan fingerprint density at radius 3 is 2.62 bits per heavy atom. The fourth-order valence-electron chi connectivity index (χ4n) is 1.76. The van der Waals surface area contributed by atoms with E-state index in [0.29, 0.717) is 0 Å². The first-order valence-electron chi connectivity index (χ1n) is 7.39. The summed E-state index contributed by atoms with van der Waals surface area (Å²) in [6.07, 6.45) is 1.63. The fraction of sp³-hybridized carbons (Fsp3) is 0.125. The maximum Gasteiger partial charge on any atom is 0.250 e. The number of rotatable bonds is 8. The molecule has 0 aliphatic rings. The highest BCUT2D eigenvalue weighted by Crippen LogP contribution is 2.30. The lowest BCUT2D eigenvalue weighted by molar-refractivity contribution is -0.118. The molecule has 3 aromatic rings. The predicted octanol–water partition coefficient (Wildman–Crippen LogP) is 4.90. The number of halogens is 1. The van der Waals surface area contributed by atoms with Gasteiger partial charge in [0.05, 0.1) is 15.8 Å². The van der Waals surface area contributed by atoms with Crippen LogP contribution < -0.4 is 5.43 Å². The second kappa shape index (κ2) is 10.2. The number of carbonyl (C=O) groups excluding carboxylic acids is 1. The molecule has 0 unspecified atom stereocenters. The molecule has 0 fully saturated rings. The molecule has 1 aromatic carbocycles. The summed E-state index contributed by atoms with van der Waals surface area (Å²) in [6, 6.07) is 14.1. The summed E-state index contributed by atoms with van der Waals surface area (Å²) in [7, 11) is 0. The fourth-order valence-corrected chi connectivity index (χ4v) is 5.82. The maximum absolute atomic E-state index is 11.8. The Balaban J connectivity index is 1.40. The lowest BCUT2D eigenvalue weighted by Gasteiger charge is -1.97. The van der Waals surface area contributed by atoms with Crippen molar-refractivity contribution in [2.45, 2.75) is 14.4 Å². The van der Waals surface area contributed by atoms with Gasteiger partial charge in [0.15, 0.2) is 8.68 Å². The zero-order valence-corrected chi connectivity index (χ0v) is 18.1. The van der Waals surface area contributed by atoms with Crippen LogP contribution in [0.5, 0.6) is 0 Å². The quantitative estimate of drug-likeness (QED) is 0.279. The van der Waals surface area contributed by atoms with Crippen molar-refractivity contribution in [2.24, 2.45) is 5.10 Å². The molecule has 0 spiro atoms. The van der Waals surface area contributed by atoms with Crippen molar-refractivity contribution in [3.05, 3.63) is 56.7 Å². The SMILES string of the molecule is O=C(CSc1nnc(SCc2ccccc2)s1)N/N=C/c1ccc(Br)s1. The summed E-state index contributed by atoms with van der Waals surface area (Å²) in [5.41, 5.74) is 3.76. The van der Waals surface area contributed by atoms with E-state index in [4.69, 9.17) is 0 Å². The minimum Gasteiger partial charge on any atom is -0.272 e. The van der Waals surface area contributed by atoms with E-state index in [2.05, 4.69) is 48.8 Å². The minimum absolute atomic E-state index is 0.171. The van der Waals surface area contributed by atoms with E-state index >= 15 is 0 Å². The molecular weight excluding hydrogens is 472 g/mol. The van der Waals surface area contributed by atoms with Crippen LogP contribution in [0.2, 0.25) is 0 Å². The number of carbonyl (C=O) groups is 1. The highest BCUT2D eigenvalue weighted by atomic mass is 79.9. The van der Waals surface area contributed by atoms with Crippen LogP contribution in [0.25, 0.3) is 0 Å². The topological polar surface area (TPSA) is 67.2 Å². The van der Waals surface area contributed by atoms with Crippen molar-refractivity contribution < 1.29 is 4.79 Å². The number of hydrazone groups is 1. The van der Waals surface area contributed by atoms with Crippen LogP contribution in [0, 0.1) is 0 Å². The number of thioether (sulfide) groups is 2. The highest BCUT2D eigenvalue weighted by Gasteiger charge is 2.08. The van der Waals surface area contributed by atoms with E-state index in [1.54, 1.807) is 29.3 Å². The summed E-state index contributed by atoms with van der Waals surface area (Å²) >= 11 is 9.44. The summed E-state index contributed by atoms with van der Waals surface area (Å²) < 4.78 is 2.71. The van der Waals surface area contributed by atoms with E-state index in [0.717, 1.165) is 23.1 Å². The zero-order chi connectivity index (χ0) is 18.2. The standard InChI is InChI=1S/C16H13BrN4OS4/c17-13-7-6-12(25-13)8-18-19-14(22)10-24-16-21-20-15(26-16)23-9-11-4-2-1-3-5-11/h1-8H,9-10H2,(H,19,22)/b18-8+. The molecule has 0 aliphatic heterocycles. The summed E-state index contributed by atoms with van der Waals surface area (Å²) in [5.74, 6) is 0.938. The highest BCUT2D eigenvalue weighted by molar-refractivity contribution is 9.11. The van der Waals surface area contributed by atoms with Crippen molar-refractivity contribution in [3.63, 3.8) is 0 Å². The second-order valence-corrected chi connectivity index (χ2v) is 10.7. The largest absolute Gasteiger partial charge is 0.272 e. The molecule has 134 valence electrons. The Kier molecular flexibility index (Phi) is 7.69. The van der Waals surface area contributed by atoms with Gasteiger partial charge in [-0.3, -0.25) is 4.79 Å². The first-order valence-corrected chi connectivity index (χ1v) is 11.8. The number of hydrogen-bond acceptors (Lipinski definition) is 8. The van der Waals surface area contributed by atoms with Crippen molar-refractivity contribution in [1.82, 2.24) is 15.6 Å². The van der Waals surface area contributed by atoms with E-state index in [1.165, 1.54) is 28.7 Å². The Morgan fingerprint density at radius 2 is 1.88 bits per heavy atom. The first-order chi connectivity index (χ1) is 12.7. The van der Waals surface area contributed by atoms with Gasteiger partial charge in [-0.25, -0.2) is 5.43 Å². The lowest BCUT2D eigenvalue weighted by atomic mass is 10.2. The van der Waals surface area contributed by atoms with Crippen LogP contribution >= 0.6 is 62.1 Å². The first kappa shape index (κ1) is 19.6. The van der Waals surface area contributed by atoms with Crippen molar-refractivity contribution in [3.8, 4) is 0 Å². The van der Waals surface area contributed by atoms with Gasteiger partial charge in [0.25, 0.3) is 5.91 Å². The van der Waals surface area contributed by atoms with Crippen LogP contribution in [0.15, 0.2) is 60.0 Å². The summed E-state index contributed by atoms with van der Waals surface area (Å²) in [4.78, 5) is 12.8. The predicted molar refractivity (Wildman–Crippen MR) is 114 cm³/mol. The Labute approximate surface area is 175 Å². The molecule has 0 aliphatic carbocycles. The van der Waals surface area contributed by atoms with Gasteiger partial charge in [-0.15, -0.1) is 21.5 Å². The molecule has 0 saturated heterocycles. The lowest BCUT2D eigenvalue weighted by Crippen LogP contribution is -2.19. The van der Waals surface area contributed by atoms with Gasteiger partial charge in [-0.1, -0.05) is 65.2 Å². The number of nitrogens with zero attached hydrogens (tertiary/aromatic N) is 3. The number of benzene rings is 1. The van der Waals surface area contributed by atoms with Crippen molar-refractivity contribution in [2.75, 3.05) is 5.75 Å². The summed E-state index contributed by atoms with van der Waals surface area (Å²) in [5, 5.41) is 12.2. The number of amides is 1. The molecule has 10 heteroatoms. The molecule has 3 rings (SSSR count). The number of aromatic nitrogens is 2. The average molecular weight is 485 g/mol. The normalized spacial score (nSPS) is 11.1. The molecule has 5 nitrogen and oxygen atoms in total. The maximum atomic E-state index is 11.8. The monoisotopic (exact) mass is 484 g/mol. The molecular formula is C16H13BrN4OS4. The van der Waals surface area contributed by atoms with Gasteiger partial charge in [0.2, 0.25) is 0 Å². The van der Waals surface area contributed by atoms with Crippen LogP contribution in [-0.4, -0.2) is 28.1 Å². The molecule has 26 heavy (non-hydrogen) atoms. The number of nitrogens with one attached hydrogen (secondary N) is 1. The van der Waals surface area contributed by atoms with E-state index in [1.807, 2.05) is 30.3 Å². The third kappa shape index (κ3) is 6.51. The minimum atomic E-state index is -0.171. The van der Waals surface area contributed by atoms with Gasteiger partial charge in [0.1, 0.15) is 0 Å². The Hall–Kier alpha value is -1.20. The molecule has 0 atom stereocenters. The smallest absolute Gasteiger partial charge is 0.250 e. The molecule has 1 amide bonds. The van der Waals surface area contributed by atoms with Crippen LogP contribution in [-0.2, 0) is 10.5 Å². The van der Waals surface area contributed by atoms with Gasteiger partial charge >= 0.3 is 0 Å². The number of thiophene rings is 1. The molecule has 0 bridgehead atoms. The van der Waals surface area contributed by atoms with E-state index in [9.17, 15) is 4.79 Å². The van der Waals surface area contributed by atoms with Gasteiger partial charge in [0, 0.05) is 10.6 Å². The van der Waals surface area contributed by atoms with Crippen molar-refractivity contribution in [1.29, 1.82) is 0 Å². The van der Waals surface area contributed by atoms with Crippen molar-refractivity contribution >= 4 is 74.2 Å². The average Bonchev–Trinajstić information content (AvgIpc) is 3.28. The molecule has 2 aromatic heterocycles. The Bertz CT molecular complexity index is 881. The van der Waals surface area contributed by atoms with Gasteiger partial charge in [-0.05, 0) is 33.6 Å². The summed E-state index contributed by atoms with van der Waals surface area (Å²) in [6.45, 7) is 0. The van der Waals surface area contributed by atoms with E-state index in [-0.39, 0.29) is 11.7 Å². The van der Waals surface area contributed by atoms with Gasteiger partial charge in [-0.2, -0.15) is 5.10 Å². The molecule has 0 saturated carbocycles. The third-order valence-electron chi connectivity index (χ3n) is 2.89. The Morgan fingerprint density at radius 1 is 1.12 bits per heavy atom. The second-order valence-electron chi connectivity index (χ2n) is 4.83. The van der Waals surface area contributed by atoms with Crippen LogP contribution in [0.1, 0.15) is 10.4 Å². The molecule has 0 radical (unpaired) electrons. The zero-order valence-electron chi connectivity index (χ0n) is 13.3. The number of hydrogen-bond donors (Lipinski definition) is 1. The van der Waals surface area contributed by atoms with Crippen LogP contribution in [0.3, 0.4) is 0 Å². The van der Waals surface area contributed by atoms with E-state index < -0.39 is 0 Å². The van der Waals surface area contributed by atoms with Crippen LogP contribution in [0.4, 0.5) is 0 Å².